The lowest BCUT2D eigenvalue weighted by molar-refractivity contribution is -0.145. The number of nitrogens with one attached hydrogen (secondary N) is 1. The zero-order valence-corrected chi connectivity index (χ0v) is 14.2. The van der Waals surface area contributed by atoms with E-state index in [4.69, 9.17) is 11.6 Å². The number of likely N-dealkylation sites (tertiary alicyclic amines) is 1. The molecule has 3 rings (SSSR count). The first kappa shape index (κ1) is 16.3. The second-order valence-electron chi connectivity index (χ2n) is 6.85. The number of piperidine rings is 1. The van der Waals surface area contributed by atoms with Crippen molar-refractivity contribution in [2.24, 2.45) is 11.3 Å². The van der Waals surface area contributed by atoms with Crippen molar-refractivity contribution in [3.63, 3.8) is 0 Å². The standard InChI is InChI=1S/C18H23ClN2O2/c1-13-5-4-10-21(12-13)17(23)18(8-9-18)16(22)20-11-14-6-2-3-7-15(14)19/h2-3,6-7,13H,4-5,8-12H2,1H3,(H,20,22). The number of benzene rings is 1. The van der Waals surface area contributed by atoms with Crippen LogP contribution in [0.1, 0.15) is 38.2 Å². The molecule has 1 aromatic carbocycles. The molecule has 1 saturated carbocycles. The number of halogens is 1. The van der Waals surface area contributed by atoms with E-state index in [2.05, 4.69) is 12.2 Å². The minimum Gasteiger partial charge on any atom is -0.351 e. The van der Waals surface area contributed by atoms with Crippen LogP contribution in [0.5, 0.6) is 0 Å². The summed E-state index contributed by atoms with van der Waals surface area (Å²) in [4.78, 5) is 27.2. The van der Waals surface area contributed by atoms with Crippen LogP contribution in [0.15, 0.2) is 24.3 Å². The predicted molar refractivity (Wildman–Crippen MR) is 89.9 cm³/mol. The Hall–Kier alpha value is -1.55. The Bertz CT molecular complexity index is 613. The lowest BCUT2D eigenvalue weighted by Crippen LogP contribution is -2.48. The fraction of sp³-hybridized carbons (Fsp3) is 0.556. The Morgan fingerprint density at radius 1 is 1.35 bits per heavy atom. The molecule has 23 heavy (non-hydrogen) atoms. The van der Waals surface area contributed by atoms with Crippen LogP contribution in [0, 0.1) is 11.3 Å². The van der Waals surface area contributed by atoms with E-state index in [0.717, 1.165) is 31.5 Å². The summed E-state index contributed by atoms with van der Waals surface area (Å²) in [6, 6.07) is 7.43. The van der Waals surface area contributed by atoms with E-state index in [0.29, 0.717) is 30.3 Å². The summed E-state index contributed by atoms with van der Waals surface area (Å²) in [5.74, 6) is 0.385. The van der Waals surface area contributed by atoms with Gasteiger partial charge in [0.1, 0.15) is 5.41 Å². The molecule has 0 aromatic heterocycles. The number of amides is 2. The molecule has 1 saturated heterocycles. The van der Waals surface area contributed by atoms with Gasteiger partial charge >= 0.3 is 0 Å². The van der Waals surface area contributed by atoms with E-state index in [-0.39, 0.29) is 11.8 Å². The van der Waals surface area contributed by atoms with Crippen LogP contribution in [0.25, 0.3) is 0 Å². The molecular formula is C18H23ClN2O2. The Kier molecular flexibility index (Phi) is 4.62. The summed E-state index contributed by atoms with van der Waals surface area (Å²) in [6.07, 6.45) is 3.51. The Balaban J connectivity index is 1.62. The van der Waals surface area contributed by atoms with Crippen LogP contribution in [0.3, 0.4) is 0 Å². The van der Waals surface area contributed by atoms with E-state index in [9.17, 15) is 9.59 Å². The maximum absolute atomic E-state index is 12.8. The highest BCUT2D eigenvalue weighted by Gasteiger charge is 2.58. The van der Waals surface area contributed by atoms with Crippen LogP contribution in [0.4, 0.5) is 0 Å². The predicted octanol–water partition coefficient (Wildman–Crippen LogP) is 2.99. The molecule has 124 valence electrons. The van der Waals surface area contributed by atoms with Crippen molar-refractivity contribution in [3.8, 4) is 0 Å². The molecule has 2 amide bonds. The Morgan fingerprint density at radius 3 is 2.74 bits per heavy atom. The molecule has 1 atom stereocenters. The van der Waals surface area contributed by atoms with Crippen molar-refractivity contribution >= 4 is 23.4 Å². The zero-order chi connectivity index (χ0) is 16.4. The lowest BCUT2D eigenvalue weighted by atomic mass is 9.96. The maximum atomic E-state index is 12.8. The average Bonchev–Trinajstić information content (AvgIpc) is 3.35. The van der Waals surface area contributed by atoms with E-state index < -0.39 is 5.41 Å². The third kappa shape index (κ3) is 3.37. The number of hydrogen-bond donors (Lipinski definition) is 1. The topological polar surface area (TPSA) is 49.4 Å². The maximum Gasteiger partial charge on any atom is 0.238 e. The van der Waals surface area contributed by atoms with Crippen LogP contribution in [-0.4, -0.2) is 29.8 Å². The molecule has 0 radical (unpaired) electrons. The monoisotopic (exact) mass is 334 g/mol. The van der Waals surface area contributed by atoms with Gasteiger partial charge in [0.15, 0.2) is 0 Å². The van der Waals surface area contributed by atoms with E-state index >= 15 is 0 Å². The van der Waals surface area contributed by atoms with Crippen molar-refractivity contribution < 1.29 is 9.59 Å². The van der Waals surface area contributed by atoms with Crippen molar-refractivity contribution in [3.05, 3.63) is 34.9 Å². The minimum absolute atomic E-state index is 0.0145. The largest absolute Gasteiger partial charge is 0.351 e. The smallest absolute Gasteiger partial charge is 0.238 e. The Labute approximate surface area is 142 Å². The molecule has 1 aliphatic heterocycles. The number of rotatable bonds is 4. The first-order chi connectivity index (χ1) is 11.0. The molecule has 2 aliphatic rings. The van der Waals surface area contributed by atoms with Gasteiger partial charge < -0.3 is 10.2 Å². The average molecular weight is 335 g/mol. The van der Waals surface area contributed by atoms with Gasteiger partial charge in [-0.15, -0.1) is 0 Å². The quantitative estimate of drug-likeness (QED) is 0.860. The Morgan fingerprint density at radius 2 is 2.09 bits per heavy atom. The molecule has 1 N–H and O–H groups in total. The lowest BCUT2D eigenvalue weighted by Gasteiger charge is -2.33. The highest BCUT2D eigenvalue weighted by Crippen LogP contribution is 2.48. The number of carbonyl (C=O) groups excluding carboxylic acids is 2. The van der Waals surface area contributed by atoms with Gasteiger partial charge in [-0.05, 0) is 43.2 Å². The molecule has 4 nitrogen and oxygen atoms in total. The summed E-state index contributed by atoms with van der Waals surface area (Å²) in [6.45, 7) is 4.08. The fourth-order valence-electron chi connectivity index (χ4n) is 3.33. The SMILES string of the molecule is CC1CCCN(C(=O)C2(C(=O)NCc3ccccc3Cl)CC2)C1. The van der Waals surface area contributed by atoms with Crippen LogP contribution >= 0.6 is 11.6 Å². The molecule has 0 spiro atoms. The van der Waals surface area contributed by atoms with Gasteiger partial charge in [0.25, 0.3) is 0 Å². The third-order valence-electron chi connectivity index (χ3n) is 4.94. The first-order valence-corrected chi connectivity index (χ1v) is 8.72. The van der Waals surface area contributed by atoms with E-state index in [1.54, 1.807) is 6.07 Å². The summed E-state index contributed by atoms with van der Waals surface area (Å²) in [5.41, 5.74) is 0.0514. The highest BCUT2D eigenvalue weighted by molar-refractivity contribution is 6.31. The van der Waals surface area contributed by atoms with Crippen molar-refractivity contribution in [2.45, 2.75) is 39.2 Å². The summed E-state index contributed by atoms with van der Waals surface area (Å²) >= 11 is 6.11. The van der Waals surface area contributed by atoms with Crippen LogP contribution in [-0.2, 0) is 16.1 Å². The summed E-state index contributed by atoms with van der Waals surface area (Å²) in [5, 5.41) is 3.54. The van der Waals surface area contributed by atoms with Crippen molar-refractivity contribution in [2.75, 3.05) is 13.1 Å². The molecule has 2 fully saturated rings. The van der Waals surface area contributed by atoms with Gasteiger partial charge in [-0.1, -0.05) is 36.7 Å². The molecule has 5 heteroatoms. The summed E-state index contributed by atoms with van der Waals surface area (Å²) in [7, 11) is 0. The molecule has 1 aliphatic carbocycles. The molecular weight excluding hydrogens is 312 g/mol. The van der Waals surface area contributed by atoms with E-state index in [1.807, 2.05) is 23.1 Å². The van der Waals surface area contributed by atoms with Gasteiger partial charge in [0.05, 0.1) is 0 Å². The molecule has 1 heterocycles. The second-order valence-corrected chi connectivity index (χ2v) is 7.26. The van der Waals surface area contributed by atoms with Crippen LogP contribution < -0.4 is 5.32 Å². The van der Waals surface area contributed by atoms with Gasteiger partial charge in [-0.2, -0.15) is 0 Å². The molecule has 1 unspecified atom stereocenters. The van der Waals surface area contributed by atoms with Crippen LogP contribution in [0.2, 0.25) is 5.02 Å². The van der Waals surface area contributed by atoms with Gasteiger partial charge in [-0.25, -0.2) is 0 Å². The third-order valence-corrected chi connectivity index (χ3v) is 5.30. The van der Waals surface area contributed by atoms with Gasteiger partial charge in [0.2, 0.25) is 11.8 Å². The summed E-state index contributed by atoms with van der Waals surface area (Å²) < 4.78 is 0. The normalized spacial score (nSPS) is 22.5. The fourth-order valence-corrected chi connectivity index (χ4v) is 3.53. The van der Waals surface area contributed by atoms with Crippen molar-refractivity contribution in [1.82, 2.24) is 10.2 Å². The zero-order valence-electron chi connectivity index (χ0n) is 13.5. The highest BCUT2D eigenvalue weighted by atomic mass is 35.5. The number of hydrogen-bond acceptors (Lipinski definition) is 2. The second kappa shape index (κ2) is 6.52. The number of carbonyl (C=O) groups is 2. The minimum atomic E-state index is -0.821. The van der Waals surface area contributed by atoms with E-state index in [1.165, 1.54) is 0 Å². The number of nitrogens with zero attached hydrogens (tertiary/aromatic N) is 1. The first-order valence-electron chi connectivity index (χ1n) is 8.34. The molecule has 0 bridgehead atoms. The molecule has 1 aromatic rings. The van der Waals surface area contributed by atoms with Crippen molar-refractivity contribution in [1.29, 1.82) is 0 Å². The van der Waals surface area contributed by atoms with Gasteiger partial charge in [-0.3, -0.25) is 9.59 Å². The van der Waals surface area contributed by atoms with Gasteiger partial charge in [0, 0.05) is 24.7 Å².